The lowest BCUT2D eigenvalue weighted by molar-refractivity contribution is 0.202. The van der Waals surface area contributed by atoms with Gasteiger partial charge in [0.25, 0.3) is 0 Å². The lowest BCUT2D eigenvalue weighted by Gasteiger charge is -2.29. The van der Waals surface area contributed by atoms with E-state index in [0.29, 0.717) is 0 Å². The zero-order valence-electron chi connectivity index (χ0n) is 13.5. The van der Waals surface area contributed by atoms with Gasteiger partial charge in [0.1, 0.15) is 5.75 Å². The molecule has 1 aliphatic heterocycles. The van der Waals surface area contributed by atoms with Crippen LogP contribution in [0, 0.1) is 0 Å². The average Bonchev–Trinajstić information content (AvgIpc) is 2.52. The van der Waals surface area contributed by atoms with Crippen molar-refractivity contribution in [3.8, 4) is 5.75 Å². The number of nitrogens with zero attached hydrogens (tertiary/aromatic N) is 2. The van der Waals surface area contributed by atoms with Crippen LogP contribution in [0.25, 0.3) is 0 Å². The number of rotatable bonds is 8. The van der Waals surface area contributed by atoms with Crippen LogP contribution < -0.4 is 10.1 Å². The fourth-order valence-electron chi connectivity index (χ4n) is 2.59. The zero-order valence-corrected chi connectivity index (χ0v) is 13.5. The molecule has 1 aliphatic rings. The summed E-state index contributed by atoms with van der Waals surface area (Å²) in [7, 11) is 2.20. The van der Waals surface area contributed by atoms with E-state index in [1.807, 2.05) is 6.07 Å². The van der Waals surface area contributed by atoms with E-state index < -0.39 is 0 Å². The number of ether oxygens (including phenoxy) is 1. The molecule has 4 heteroatoms. The Kier molecular flexibility index (Phi) is 7.00. The number of nitrogens with one attached hydrogen (secondary N) is 1. The summed E-state index contributed by atoms with van der Waals surface area (Å²) in [6.45, 7) is 10.8. The van der Waals surface area contributed by atoms with Crippen LogP contribution in [0.2, 0.25) is 0 Å². The van der Waals surface area contributed by atoms with Gasteiger partial charge >= 0.3 is 0 Å². The first kappa shape index (κ1) is 16.3. The summed E-state index contributed by atoms with van der Waals surface area (Å²) in [5.41, 5.74) is 1.33. The van der Waals surface area contributed by atoms with Crippen LogP contribution in [0.5, 0.6) is 5.75 Å². The van der Waals surface area contributed by atoms with Crippen LogP contribution in [0.4, 0.5) is 0 Å². The molecule has 1 N–H and O–H groups in total. The van der Waals surface area contributed by atoms with Gasteiger partial charge in [0.15, 0.2) is 0 Å². The van der Waals surface area contributed by atoms with Gasteiger partial charge in [0.2, 0.25) is 0 Å². The molecule has 1 aromatic carbocycles. The molecular formula is C17H29N3O. The van der Waals surface area contributed by atoms with E-state index in [1.54, 1.807) is 0 Å². The monoisotopic (exact) mass is 291 g/mol. The number of benzene rings is 1. The molecule has 1 heterocycles. The number of hydrogen-bond donors (Lipinski definition) is 1. The minimum absolute atomic E-state index is 0.794. The fourth-order valence-corrected chi connectivity index (χ4v) is 2.59. The van der Waals surface area contributed by atoms with Gasteiger partial charge in [0.05, 0.1) is 6.61 Å². The molecule has 0 aromatic heterocycles. The summed E-state index contributed by atoms with van der Waals surface area (Å²) in [5.74, 6) is 0.991. The van der Waals surface area contributed by atoms with Gasteiger partial charge in [-0.15, -0.1) is 0 Å². The third kappa shape index (κ3) is 6.04. The van der Waals surface area contributed by atoms with Gasteiger partial charge in [-0.05, 0) is 31.2 Å². The predicted octanol–water partition coefficient (Wildman–Crippen LogP) is 1.81. The van der Waals surface area contributed by atoms with Crippen molar-refractivity contribution in [1.82, 2.24) is 15.1 Å². The van der Waals surface area contributed by atoms with E-state index in [2.05, 4.69) is 47.3 Å². The van der Waals surface area contributed by atoms with Crippen molar-refractivity contribution in [3.63, 3.8) is 0 Å². The van der Waals surface area contributed by atoms with E-state index in [1.165, 1.54) is 18.7 Å². The van der Waals surface area contributed by atoms with Crippen molar-refractivity contribution in [2.75, 3.05) is 52.9 Å². The normalized spacial score (nSPS) is 16.3. The third-order valence-electron chi connectivity index (χ3n) is 3.83. The van der Waals surface area contributed by atoms with Crippen molar-refractivity contribution in [3.05, 3.63) is 29.8 Å². The molecule has 0 unspecified atom stereocenters. The molecule has 0 amide bonds. The van der Waals surface area contributed by atoms with Crippen LogP contribution >= 0.6 is 0 Å². The number of hydrogen-bond acceptors (Lipinski definition) is 4. The quantitative estimate of drug-likeness (QED) is 0.790. The van der Waals surface area contributed by atoms with E-state index >= 15 is 0 Å². The molecule has 1 fully saturated rings. The standard InChI is InChI=1S/C17H29N3O/c1-3-13-21-17-6-4-5-16(14-17)15-19(2)11-12-20-9-7-18-8-10-20/h4-6,14,18H,3,7-13,15H2,1-2H3. The maximum absolute atomic E-state index is 5.70. The maximum Gasteiger partial charge on any atom is 0.119 e. The van der Waals surface area contributed by atoms with Crippen LogP contribution in [0.15, 0.2) is 24.3 Å². The Morgan fingerprint density at radius 2 is 2.10 bits per heavy atom. The minimum Gasteiger partial charge on any atom is -0.494 e. The van der Waals surface area contributed by atoms with E-state index in [9.17, 15) is 0 Å². The first-order valence-electron chi connectivity index (χ1n) is 8.11. The maximum atomic E-state index is 5.70. The molecular weight excluding hydrogens is 262 g/mol. The van der Waals surface area contributed by atoms with Crippen LogP contribution in [-0.4, -0.2) is 62.7 Å². The van der Waals surface area contributed by atoms with Gasteiger partial charge in [-0.3, -0.25) is 4.90 Å². The van der Waals surface area contributed by atoms with Crippen molar-refractivity contribution in [2.45, 2.75) is 19.9 Å². The highest BCUT2D eigenvalue weighted by atomic mass is 16.5. The molecule has 0 bridgehead atoms. The Balaban J connectivity index is 1.74. The summed E-state index contributed by atoms with van der Waals surface area (Å²) >= 11 is 0. The summed E-state index contributed by atoms with van der Waals surface area (Å²) in [4.78, 5) is 4.93. The molecule has 2 rings (SSSR count). The molecule has 1 aromatic rings. The molecule has 1 saturated heterocycles. The second-order valence-electron chi connectivity index (χ2n) is 5.83. The average molecular weight is 291 g/mol. The summed E-state index contributed by atoms with van der Waals surface area (Å²) in [6, 6.07) is 8.47. The lowest BCUT2D eigenvalue weighted by Crippen LogP contribution is -2.45. The Labute approximate surface area is 129 Å². The molecule has 0 saturated carbocycles. The SMILES string of the molecule is CCCOc1cccc(CN(C)CCN2CCNCC2)c1. The second-order valence-corrected chi connectivity index (χ2v) is 5.83. The highest BCUT2D eigenvalue weighted by Crippen LogP contribution is 2.14. The van der Waals surface area contributed by atoms with Gasteiger partial charge in [-0.2, -0.15) is 0 Å². The summed E-state index contributed by atoms with van der Waals surface area (Å²) in [5, 5.41) is 3.40. The zero-order chi connectivity index (χ0) is 14.9. The summed E-state index contributed by atoms with van der Waals surface area (Å²) < 4.78 is 5.70. The van der Waals surface area contributed by atoms with E-state index in [0.717, 1.165) is 51.5 Å². The highest BCUT2D eigenvalue weighted by Gasteiger charge is 2.10. The summed E-state index contributed by atoms with van der Waals surface area (Å²) in [6.07, 6.45) is 1.05. The lowest BCUT2D eigenvalue weighted by atomic mass is 10.2. The molecule has 4 nitrogen and oxygen atoms in total. The number of piperazine rings is 1. The molecule has 118 valence electrons. The third-order valence-corrected chi connectivity index (χ3v) is 3.83. The van der Waals surface area contributed by atoms with Crippen molar-refractivity contribution in [2.24, 2.45) is 0 Å². The highest BCUT2D eigenvalue weighted by molar-refractivity contribution is 5.28. The van der Waals surface area contributed by atoms with E-state index in [-0.39, 0.29) is 0 Å². The second kappa shape index (κ2) is 9.03. The van der Waals surface area contributed by atoms with Gasteiger partial charge in [-0.25, -0.2) is 0 Å². The molecule has 21 heavy (non-hydrogen) atoms. The van der Waals surface area contributed by atoms with Crippen LogP contribution in [0.3, 0.4) is 0 Å². The van der Waals surface area contributed by atoms with Gasteiger partial charge in [-0.1, -0.05) is 19.1 Å². The minimum atomic E-state index is 0.794. The Morgan fingerprint density at radius 1 is 1.29 bits per heavy atom. The van der Waals surface area contributed by atoms with Gasteiger partial charge in [0, 0.05) is 45.8 Å². The first-order valence-corrected chi connectivity index (χ1v) is 8.11. The molecule has 0 aliphatic carbocycles. The van der Waals surface area contributed by atoms with Crippen LogP contribution in [-0.2, 0) is 6.54 Å². The molecule has 0 spiro atoms. The number of likely N-dealkylation sites (N-methyl/N-ethyl adjacent to an activating group) is 1. The smallest absolute Gasteiger partial charge is 0.119 e. The van der Waals surface area contributed by atoms with Crippen molar-refractivity contribution >= 4 is 0 Å². The Morgan fingerprint density at radius 3 is 2.86 bits per heavy atom. The van der Waals surface area contributed by atoms with E-state index in [4.69, 9.17) is 4.74 Å². The van der Waals surface area contributed by atoms with Crippen molar-refractivity contribution < 1.29 is 4.74 Å². The topological polar surface area (TPSA) is 27.7 Å². The molecule has 0 atom stereocenters. The largest absolute Gasteiger partial charge is 0.494 e. The van der Waals surface area contributed by atoms with Crippen molar-refractivity contribution in [1.29, 1.82) is 0 Å². The van der Waals surface area contributed by atoms with Gasteiger partial charge < -0.3 is 15.0 Å². The van der Waals surface area contributed by atoms with Crippen LogP contribution in [0.1, 0.15) is 18.9 Å². The Hall–Kier alpha value is -1.10. The fraction of sp³-hybridized carbons (Fsp3) is 0.647. The molecule has 0 radical (unpaired) electrons. The first-order chi connectivity index (χ1) is 10.3. The predicted molar refractivity (Wildman–Crippen MR) is 87.9 cm³/mol. The Bertz CT molecular complexity index is 405.